The maximum absolute atomic E-state index is 12.5. The molecule has 156 valence electrons. The summed E-state index contributed by atoms with van der Waals surface area (Å²) in [5, 5.41) is 7.35. The van der Waals surface area contributed by atoms with Crippen molar-refractivity contribution in [1.29, 1.82) is 0 Å². The van der Waals surface area contributed by atoms with Crippen molar-refractivity contribution < 1.29 is 19.4 Å². The van der Waals surface area contributed by atoms with Crippen molar-refractivity contribution in [2.45, 2.75) is 90.1 Å². The quantitative estimate of drug-likeness (QED) is 0.257. The Morgan fingerprint density at radius 1 is 0.964 bits per heavy atom. The van der Waals surface area contributed by atoms with Crippen LogP contribution in [-0.2, 0) is 9.53 Å². The summed E-state index contributed by atoms with van der Waals surface area (Å²) < 4.78 is 5.83. The van der Waals surface area contributed by atoms with E-state index >= 15 is 0 Å². The van der Waals surface area contributed by atoms with Crippen LogP contribution in [0.25, 0.3) is 0 Å². The van der Waals surface area contributed by atoms with E-state index in [0.717, 1.165) is 25.7 Å². The third-order valence-corrected chi connectivity index (χ3v) is 6.01. The maximum Gasteiger partial charge on any atom is 0.516 e. The van der Waals surface area contributed by atoms with E-state index in [-0.39, 0.29) is 23.9 Å². The smallest absolute Gasteiger partial charge is 0.516 e. The lowest BCUT2D eigenvalue weighted by Gasteiger charge is -2.24. The first-order valence-corrected chi connectivity index (χ1v) is 11.1. The molecule has 0 bridgehead atoms. The monoisotopic (exact) mass is 389 g/mol. The average molecular weight is 390 g/mol. The van der Waals surface area contributed by atoms with E-state index in [1.54, 1.807) is 12.1 Å². The number of unbranched alkanes of at least 4 members (excludes halogenated alkanes) is 7. The van der Waals surface area contributed by atoms with Crippen molar-refractivity contribution in [2.75, 3.05) is 0 Å². The van der Waals surface area contributed by atoms with Crippen LogP contribution in [0, 0.1) is 11.8 Å². The molecule has 0 saturated heterocycles. The molecule has 0 aromatic heterocycles. The third kappa shape index (κ3) is 7.65. The molecule has 1 aromatic carbocycles. The molecular weight excluding hydrogens is 352 g/mol. The lowest BCUT2D eigenvalue weighted by atomic mass is 9.87. The van der Waals surface area contributed by atoms with Gasteiger partial charge in [-0.15, -0.1) is 0 Å². The van der Waals surface area contributed by atoms with Crippen molar-refractivity contribution in [3.05, 3.63) is 35.9 Å². The Bertz CT molecular complexity index is 584. The summed E-state index contributed by atoms with van der Waals surface area (Å²) in [7, 11) is 0. The Kier molecular flexibility index (Phi) is 10.1. The van der Waals surface area contributed by atoms with Gasteiger partial charge in [0.05, 0.1) is 5.56 Å². The number of carbonyl (C=O) groups is 2. The van der Waals surface area contributed by atoms with E-state index in [2.05, 4.69) is 6.92 Å². The molecule has 4 heteroatoms. The second kappa shape index (κ2) is 12.6. The van der Waals surface area contributed by atoms with Gasteiger partial charge >= 0.3 is 11.9 Å². The summed E-state index contributed by atoms with van der Waals surface area (Å²) in [4.78, 5) is 23.8. The highest BCUT2D eigenvalue weighted by molar-refractivity contribution is 5.89. The number of hydrogen-bond acceptors (Lipinski definition) is 3. The van der Waals surface area contributed by atoms with Gasteiger partial charge in [-0.25, -0.2) is 4.79 Å². The summed E-state index contributed by atoms with van der Waals surface area (Å²) in [6, 6.07) is 9.11. The number of hydrogen-bond donors (Lipinski definition) is 0. The first-order chi connectivity index (χ1) is 13.6. The average Bonchev–Trinajstić information content (AvgIpc) is 3.05. The van der Waals surface area contributed by atoms with Gasteiger partial charge in [-0.3, -0.25) is 0 Å². The van der Waals surface area contributed by atoms with Crippen LogP contribution >= 0.6 is 0 Å². The zero-order chi connectivity index (χ0) is 20.2. The SMILES string of the molecule is CCCCCCCCCC[C@@H]1C(CC(=O)[OH2+])CCC1OC(=O)c1ccccc1. The molecule has 2 rings (SSSR count). The van der Waals surface area contributed by atoms with Gasteiger partial charge in [0, 0.05) is 4.79 Å². The Morgan fingerprint density at radius 2 is 1.61 bits per heavy atom. The zero-order valence-corrected chi connectivity index (χ0v) is 17.3. The molecular formula is C24H37O4+. The summed E-state index contributed by atoms with van der Waals surface area (Å²) in [5.41, 5.74) is 0.577. The summed E-state index contributed by atoms with van der Waals surface area (Å²) in [5.74, 6) is -0.379. The number of benzene rings is 1. The predicted octanol–water partition coefficient (Wildman–Crippen LogP) is 5.41. The van der Waals surface area contributed by atoms with Gasteiger partial charge in [-0.2, -0.15) is 0 Å². The highest BCUT2D eigenvalue weighted by Gasteiger charge is 2.40. The minimum Gasteiger partial charge on any atom is -0.565 e. The van der Waals surface area contributed by atoms with Gasteiger partial charge in [0.1, 0.15) is 12.5 Å². The molecule has 0 heterocycles. The minimum atomic E-state index is -0.499. The summed E-state index contributed by atoms with van der Waals surface area (Å²) in [6.45, 7) is 2.24. The first-order valence-electron chi connectivity index (χ1n) is 11.1. The lowest BCUT2D eigenvalue weighted by Crippen LogP contribution is -2.26. The van der Waals surface area contributed by atoms with E-state index in [0.29, 0.717) is 12.0 Å². The van der Waals surface area contributed by atoms with Crippen molar-refractivity contribution in [3.63, 3.8) is 0 Å². The fraction of sp³-hybridized carbons (Fsp3) is 0.667. The molecule has 0 amide bonds. The maximum atomic E-state index is 12.5. The van der Waals surface area contributed by atoms with Crippen LogP contribution in [0.15, 0.2) is 30.3 Å². The van der Waals surface area contributed by atoms with Crippen LogP contribution in [0.5, 0.6) is 0 Å². The molecule has 1 fully saturated rings. The van der Waals surface area contributed by atoms with Gasteiger partial charge in [0.25, 0.3) is 0 Å². The first kappa shape index (κ1) is 22.4. The van der Waals surface area contributed by atoms with Gasteiger partial charge in [0.2, 0.25) is 0 Å². The molecule has 0 spiro atoms. The van der Waals surface area contributed by atoms with Crippen LogP contribution < -0.4 is 0 Å². The Labute approximate surface area is 169 Å². The number of carbonyl (C=O) groups excluding carboxylic acids is 2. The predicted molar refractivity (Wildman–Crippen MR) is 112 cm³/mol. The number of rotatable bonds is 13. The van der Waals surface area contributed by atoms with Crippen LogP contribution in [0.2, 0.25) is 0 Å². The highest BCUT2D eigenvalue weighted by Crippen LogP contribution is 2.40. The molecule has 1 aromatic rings. The highest BCUT2D eigenvalue weighted by atomic mass is 16.5. The summed E-state index contributed by atoms with van der Waals surface area (Å²) >= 11 is 0. The number of ether oxygens (including phenoxy) is 1. The number of esters is 1. The van der Waals surface area contributed by atoms with Crippen LogP contribution in [0.3, 0.4) is 0 Å². The molecule has 0 radical (unpaired) electrons. The van der Waals surface area contributed by atoms with Crippen molar-refractivity contribution in [1.82, 2.24) is 0 Å². The standard InChI is InChI=1S/C24H36O4/c1-2-3-4-5-6-7-8-12-15-21-20(18-23(25)26)16-17-22(21)28-24(27)19-13-10-9-11-14-19/h9-11,13-14,20-22H,2-8,12,15-18H2,1H3,(H,25,26)/p+1/t20?,21-,22?/m1/s1. The lowest BCUT2D eigenvalue weighted by molar-refractivity contribution is -0.138. The normalized spacial score (nSPS) is 21.5. The fourth-order valence-corrected chi connectivity index (χ4v) is 4.46. The van der Waals surface area contributed by atoms with E-state index in [1.807, 2.05) is 18.2 Å². The van der Waals surface area contributed by atoms with Gasteiger partial charge in [-0.1, -0.05) is 76.5 Å². The second-order valence-electron chi connectivity index (χ2n) is 8.20. The van der Waals surface area contributed by atoms with Crippen LogP contribution in [0.4, 0.5) is 0 Å². The van der Waals surface area contributed by atoms with Gasteiger partial charge < -0.3 is 9.84 Å². The Hall–Kier alpha value is -1.84. The Balaban J connectivity index is 1.82. The molecule has 1 saturated carbocycles. The van der Waals surface area contributed by atoms with Crippen LogP contribution in [0.1, 0.15) is 94.3 Å². The van der Waals surface area contributed by atoms with Crippen molar-refractivity contribution in [2.24, 2.45) is 11.8 Å². The van der Waals surface area contributed by atoms with Crippen molar-refractivity contribution in [3.8, 4) is 0 Å². The molecule has 0 aliphatic heterocycles. The fourth-order valence-electron chi connectivity index (χ4n) is 4.46. The van der Waals surface area contributed by atoms with E-state index < -0.39 is 5.97 Å². The topological polar surface area (TPSA) is 66.3 Å². The largest absolute Gasteiger partial charge is 0.565 e. The molecule has 2 unspecified atom stereocenters. The molecule has 3 atom stereocenters. The van der Waals surface area contributed by atoms with Gasteiger partial charge in [0.15, 0.2) is 0 Å². The third-order valence-electron chi connectivity index (χ3n) is 6.01. The molecule has 1 aliphatic carbocycles. The second-order valence-corrected chi connectivity index (χ2v) is 8.20. The van der Waals surface area contributed by atoms with E-state index in [9.17, 15) is 9.59 Å². The van der Waals surface area contributed by atoms with Gasteiger partial charge in [-0.05, 0) is 43.2 Å². The molecule has 4 nitrogen and oxygen atoms in total. The van der Waals surface area contributed by atoms with Crippen molar-refractivity contribution >= 4 is 11.9 Å². The van der Waals surface area contributed by atoms with E-state index in [4.69, 9.17) is 9.84 Å². The summed E-state index contributed by atoms with van der Waals surface area (Å²) in [6.07, 6.45) is 13.0. The minimum absolute atomic E-state index is 0.124. The molecule has 2 N–H and O–H groups in total. The molecule has 1 aliphatic rings. The zero-order valence-electron chi connectivity index (χ0n) is 17.3. The van der Waals surface area contributed by atoms with E-state index in [1.165, 1.54) is 44.9 Å². The molecule has 28 heavy (non-hydrogen) atoms. The Morgan fingerprint density at radius 3 is 2.25 bits per heavy atom. The van der Waals surface area contributed by atoms with Crippen LogP contribution in [-0.4, -0.2) is 23.1 Å².